The van der Waals surface area contributed by atoms with Crippen LogP contribution in [0.1, 0.15) is 34.6 Å². The van der Waals surface area contributed by atoms with E-state index in [4.69, 9.17) is 13.3 Å². The van der Waals surface area contributed by atoms with Crippen LogP contribution in [0.3, 0.4) is 0 Å². The summed E-state index contributed by atoms with van der Waals surface area (Å²) in [4.78, 5) is 0. The second kappa shape index (κ2) is 7.90. The molecule has 0 amide bonds. The third kappa shape index (κ3) is 3.74. The molecule has 0 spiro atoms. The molecule has 0 aliphatic heterocycles. The van der Waals surface area contributed by atoms with Crippen molar-refractivity contribution in [3.05, 3.63) is 33.4 Å². The van der Waals surface area contributed by atoms with Gasteiger partial charge in [0.05, 0.1) is 14.9 Å². The van der Waals surface area contributed by atoms with Gasteiger partial charge in [-0.1, -0.05) is 19.0 Å². The average Bonchev–Trinajstić information content (AvgIpc) is 2.52. The number of hydrogen-bond acceptors (Lipinski definition) is 3. The Morgan fingerprint density at radius 2 is 1.58 bits per heavy atom. The summed E-state index contributed by atoms with van der Waals surface area (Å²) >= 11 is 0. The molecule has 2 unspecified atom stereocenters. The molecule has 0 bridgehead atoms. The molecule has 0 aromatic heterocycles. The number of rotatable bonds is 6. The first-order valence-electron chi connectivity index (χ1n) is 8.85. The van der Waals surface area contributed by atoms with E-state index in [2.05, 4.69) is 60.8 Å². The Labute approximate surface area is 158 Å². The standard InChI is InChI=1S/C17H36O3Si4/c1-10-11(2)13(4)17(14(5)12(10)3,20-24(7,8)9)15(18-21)16(19-22)23-6/h13H,23H2,1-9,21-22H3. The van der Waals surface area contributed by atoms with Gasteiger partial charge in [-0.15, -0.1) is 0 Å². The molecule has 7 heteroatoms. The normalized spacial score (nSPS) is 27.3. The second-order valence-corrected chi connectivity index (χ2v) is 14.3. The minimum Gasteiger partial charge on any atom is -0.558 e. The molecule has 0 saturated carbocycles. The van der Waals surface area contributed by atoms with E-state index in [0.717, 1.165) is 11.1 Å². The summed E-state index contributed by atoms with van der Waals surface area (Å²) in [5.74, 6) is 1.24. The van der Waals surface area contributed by atoms with Crippen LogP contribution >= 0.6 is 0 Å². The van der Waals surface area contributed by atoms with E-state index in [1.165, 1.54) is 22.3 Å². The molecular weight excluding hydrogens is 365 g/mol. The number of allylic oxidation sites excluding steroid dienone is 2. The molecule has 2 atom stereocenters. The molecule has 0 saturated heterocycles. The van der Waals surface area contributed by atoms with E-state index in [1.807, 2.05) is 0 Å². The van der Waals surface area contributed by atoms with Crippen molar-refractivity contribution in [1.82, 2.24) is 0 Å². The van der Waals surface area contributed by atoms with Gasteiger partial charge in [-0.05, 0) is 64.1 Å². The van der Waals surface area contributed by atoms with Crippen LogP contribution in [0.5, 0.6) is 0 Å². The molecule has 0 aromatic carbocycles. The van der Waals surface area contributed by atoms with E-state index in [0.29, 0.717) is 21.0 Å². The van der Waals surface area contributed by atoms with Gasteiger partial charge >= 0.3 is 0 Å². The summed E-state index contributed by atoms with van der Waals surface area (Å²) in [7, 11) is -0.944. The molecule has 0 radical (unpaired) electrons. The van der Waals surface area contributed by atoms with Crippen LogP contribution in [0.15, 0.2) is 33.4 Å². The molecule has 3 nitrogen and oxygen atoms in total. The molecule has 1 rings (SSSR count). The summed E-state index contributed by atoms with van der Waals surface area (Å²) in [6.45, 7) is 20.3. The zero-order chi connectivity index (χ0) is 18.9. The predicted octanol–water partition coefficient (Wildman–Crippen LogP) is 1.88. The van der Waals surface area contributed by atoms with E-state index in [9.17, 15) is 0 Å². The van der Waals surface area contributed by atoms with E-state index >= 15 is 0 Å². The predicted molar refractivity (Wildman–Crippen MR) is 117 cm³/mol. The Balaban J connectivity index is 3.86. The van der Waals surface area contributed by atoms with Crippen molar-refractivity contribution in [3.63, 3.8) is 0 Å². The van der Waals surface area contributed by atoms with Crippen LogP contribution in [0.25, 0.3) is 0 Å². The largest absolute Gasteiger partial charge is 0.558 e. The summed E-state index contributed by atoms with van der Waals surface area (Å²) in [6, 6.07) is 0. The van der Waals surface area contributed by atoms with Crippen molar-refractivity contribution in [3.8, 4) is 0 Å². The highest BCUT2D eigenvalue weighted by molar-refractivity contribution is 6.69. The minimum atomic E-state index is -1.82. The fourth-order valence-corrected chi connectivity index (χ4v) is 8.02. The number of hydrogen-bond donors (Lipinski definition) is 0. The summed E-state index contributed by atoms with van der Waals surface area (Å²) in [5, 5.41) is 1.10. The molecule has 138 valence electrons. The van der Waals surface area contributed by atoms with Crippen LogP contribution in [-0.4, -0.2) is 44.4 Å². The lowest BCUT2D eigenvalue weighted by Crippen LogP contribution is -2.53. The molecule has 1 aliphatic carbocycles. The molecule has 0 heterocycles. The van der Waals surface area contributed by atoms with Crippen molar-refractivity contribution >= 4 is 38.8 Å². The van der Waals surface area contributed by atoms with Gasteiger partial charge in [-0.25, -0.2) is 0 Å². The minimum absolute atomic E-state index is 0.254. The van der Waals surface area contributed by atoms with Crippen LogP contribution < -0.4 is 0 Å². The van der Waals surface area contributed by atoms with Gasteiger partial charge in [0.2, 0.25) is 21.0 Å². The Kier molecular flexibility index (Phi) is 7.14. The highest BCUT2D eigenvalue weighted by Gasteiger charge is 2.51. The Bertz CT molecular complexity index is 581. The Hall–Kier alpha value is -0.352. The van der Waals surface area contributed by atoms with Crippen LogP contribution in [0.4, 0.5) is 0 Å². The molecule has 1 aliphatic rings. The second-order valence-electron chi connectivity index (χ2n) is 7.74. The molecule has 0 aromatic rings. The maximum Gasteiger partial charge on any atom is 0.204 e. The quantitative estimate of drug-likeness (QED) is 0.503. The monoisotopic (exact) mass is 400 g/mol. The van der Waals surface area contributed by atoms with Crippen molar-refractivity contribution in [2.24, 2.45) is 5.92 Å². The average molecular weight is 401 g/mol. The lowest BCUT2D eigenvalue weighted by atomic mass is 9.69. The zero-order valence-electron chi connectivity index (χ0n) is 17.5. The molecule has 24 heavy (non-hydrogen) atoms. The maximum atomic E-state index is 6.96. The fraction of sp³-hybridized carbons (Fsp3) is 0.647. The topological polar surface area (TPSA) is 27.7 Å². The van der Waals surface area contributed by atoms with Gasteiger partial charge in [0.15, 0.2) is 8.32 Å². The van der Waals surface area contributed by atoms with Crippen molar-refractivity contribution in [1.29, 1.82) is 0 Å². The first-order chi connectivity index (χ1) is 11.0. The summed E-state index contributed by atoms with van der Waals surface area (Å²) in [6.07, 6.45) is 0. The van der Waals surface area contributed by atoms with Crippen molar-refractivity contribution in [2.75, 3.05) is 0 Å². The third-order valence-corrected chi connectivity index (χ3v) is 9.03. The van der Waals surface area contributed by atoms with E-state index in [-0.39, 0.29) is 5.92 Å². The van der Waals surface area contributed by atoms with Crippen LogP contribution in [0.2, 0.25) is 26.2 Å². The van der Waals surface area contributed by atoms with Gasteiger partial charge in [0, 0.05) is 5.92 Å². The first kappa shape index (κ1) is 21.7. The third-order valence-electron chi connectivity index (χ3n) is 5.36. The Morgan fingerprint density at radius 3 is 1.96 bits per heavy atom. The molecular formula is C17H36O3Si4. The Morgan fingerprint density at radius 1 is 1.04 bits per heavy atom. The SMILES string of the molecule is C[SiH2]C(O[SiH3])=C(O[SiH3])C1(O[Si](C)(C)C)C(C)=C(C)C(C)=C(C)C1C. The lowest BCUT2D eigenvalue weighted by molar-refractivity contribution is 0.0509. The molecule has 0 fully saturated rings. The fourth-order valence-electron chi connectivity index (χ4n) is 3.74. The lowest BCUT2D eigenvalue weighted by Gasteiger charge is -2.49. The molecule has 0 N–H and O–H groups in total. The van der Waals surface area contributed by atoms with Gasteiger partial charge in [-0.2, -0.15) is 0 Å². The van der Waals surface area contributed by atoms with Gasteiger partial charge in [0.25, 0.3) is 0 Å². The smallest absolute Gasteiger partial charge is 0.204 e. The zero-order valence-corrected chi connectivity index (χ0v) is 23.9. The van der Waals surface area contributed by atoms with E-state index < -0.39 is 23.4 Å². The van der Waals surface area contributed by atoms with Gasteiger partial charge < -0.3 is 13.3 Å². The van der Waals surface area contributed by atoms with Gasteiger partial charge in [0.1, 0.15) is 11.4 Å². The van der Waals surface area contributed by atoms with Crippen molar-refractivity contribution in [2.45, 2.75) is 66.4 Å². The van der Waals surface area contributed by atoms with Crippen LogP contribution in [-0.2, 0) is 13.3 Å². The summed E-state index contributed by atoms with van der Waals surface area (Å²) < 4.78 is 19.0. The van der Waals surface area contributed by atoms with E-state index in [1.54, 1.807) is 0 Å². The summed E-state index contributed by atoms with van der Waals surface area (Å²) in [5.41, 5.74) is 4.93. The van der Waals surface area contributed by atoms with Crippen LogP contribution in [0, 0.1) is 5.92 Å². The van der Waals surface area contributed by atoms with Gasteiger partial charge in [-0.3, -0.25) is 0 Å². The highest BCUT2D eigenvalue weighted by Crippen LogP contribution is 2.49. The maximum absolute atomic E-state index is 6.96. The van der Waals surface area contributed by atoms with Crippen molar-refractivity contribution < 1.29 is 13.3 Å². The first-order valence-corrected chi connectivity index (χ1v) is 16.0. The highest BCUT2D eigenvalue weighted by atomic mass is 28.4.